The summed E-state index contributed by atoms with van der Waals surface area (Å²) >= 11 is 1.76. The van der Waals surface area contributed by atoms with Crippen LogP contribution in [0.4, 0.5) is 0 Å². The zero-order chi connectivity index (χ0) is 25.4. The number of oxazole rings is 1. The Hall–Kier alpha value is -3.54. The van der Waals surface area contributed by atoms with E-state index in [1.807, 2.05) is 6.92 Å². The van der Waals surface area contributed by atoms with Crippen molar-refractivity contribution >= 4 is 17.0 Å². The van der Waals surface area contributed by atoms with Crippen LogP contribution in [0.15, 0.2) is 46.1 Å². The van der Waals surface area contributed by atoms with E-state index in [9.17, 15) is 0 Å². The summed E-state index contributed by atoms with van der Waals surface area (Å²) in [6.07, 6.45) is 7.19. The summed E-state index contributed by atoms with van der Waals surface area (Å²) in [6.45, 7) is 8.55. The lowest BCUT2D eigenvalue weighted by Crippen LogP contribution is -2.27. The number of thiophene rings is 1. The van der Waals surface area contributed by atoms with Crippen molar-refractivity contribution in [2.75, 3.05) is 13.1 Å². The van der Waals surface area contributed by atoms with E-state index in [-0.39, 0.29) is 6.04 Å². The van der Waals surface area contributed by atoms with E-state index >= 15 is 0 Å². The van der Waals surface area contributed by atoms with E-state index in [1.54, 1.807) is 23.8 Å². The quantitative estimate of drug-likeness (QED) is 0.386. The van der Waals surface area contributed by atoms with E-state index in [2.05, 4.69) is 75.0 Å². The van der Waals surface area contributed by atoms with Crippen LogP contribution in [0.25, 0.3) is 5.00 Å². The summed E-state index contributed by atoms with van der Waals surface area (Å²) in [5.74, 6) is 9.80. The largest absolute Gasteiger partial charge is 0.449 e. The van der Waals surface area contributed by atoms with Crippen LogP contribution < -0.4 is 5.32 Å². The fourth-order valence-electron chi connectivity index (χ4n) is 5.14. The van der Waals surface area contributed by atoms with Gasteiger partial charge in [-0.25, -0.2) is 4.98 Å². The molecule has 1 N–H and O–H groups in total. The van der Waals surface area contributed by atoms with Gasteiger partial charge in [0.1, 0.15) is 23.1 Å². The number of nitrogens with zero attached hydrogens (tertiary/aromatic N) is 5. The van der Waals surface area contributed by atoms with Gasteiger partial charge in [0.05, 0.1) is 18.3 Å². The Labute approximate surface area is 221 Å². The molecule has 0 saturated carbocycles. The van der Waals surface area contributed by atoms with Crippen molar-refractivity contribution < 1.29 is 4.42 Å². The maximum atomic E-state index is 5.58. The first kappa shape index (κ1) is 23.8. The number of nitrogens with one attached hydrogen (secondary N) is 1. The average molecular weight is 511 g/mol. The Bertz CT molecular complexity index is 1490. The lowest BCUT2D eigenvalue weighted by Gasteiger charge is -2.20. The highest BCUT2D eigenvalue weighted by molar-refractivity contribution is 7.15. The third-order valence-corrected chi connectivity index (χ3v) is 8.52. The molecule has 1 atom stereocenters. The number of aryl methyl sites for hydroxylation is 2. The third-order valence-electron chi connectivity index (χ3n) is 7.33. The molecule has 0 aliphatic carbocycles. The minimum atomic E-state index is -0.265. The molecule has 1 aromatic carbocycles. The van der Waals surface area contributed by atoms with Crippen molar-refractivity contribution in [2.24, 2.45) is 10.9 Å². The summed E-state index contributed by atoms with van der Waals surface area (Å²) < 4.78 is 7.74. The SMILES string of the molecule is Cc1sc2c(c1C)C(c1ccc(C#CCC3CCNCC3)cc1)=N[C@@H](Cc1ncco1)c1nnc(C)n1-2. The fourth-order valence-corrected chi connectivity index (χ4v) is 6.35. The highest BCUT2D eigenvalue weighted by Gasteiger charge is 2.32. The molecule has 5 heterocycles. The molecule has 6 rings (SSSR count). The second kappa shape index (κ2) is 10.1. The molecule has 4 aromatic rings. The van der Waals surface area contributed by atoms with Gasteiger partial charge in [-0.05, 0) is 70.3 Å². The van der Waals surface area contributed by atoms with Crippen LogP contribution in [0.2, 0.25) is 0 Å². The number of fused-ring (bicyclic) bond motifs is 3. The Balaban J connectivity index is 1.38. The summed E-state index contributed by atoms with van der Waals surface area (Å²) in [4.78, 5) is 10.9. The summed E-state index contributed by atoms with van der Waals surface area (Å²) in [5.41, 5.74) is 5.45. The van der Waals surface area contributed by atoms with Crippen LogP contribution in [0.1, 0.15) is 70.0 Å². The zero-order valence-corrected chi connectivity index (χ0v) is 22.2. The molecular formula is C29H30N6OS. The molecule has 1 saturated heterocycles. The Kier molecular flexibility index (Phi) is 6.49. The molecule has 8 heteroatoms. The van der Waals surface area contributed by atoms with Gasteiger partial charge in [-0.2, -0.15) is 0 Å². The number of rotatable bonds is 4. The van der Waals surface area contributed by atoms with Gasteiger partial charge in [0.2, 0.25) is 0 Å². The smallest absolute Gasteiger partial charge is 0.196 e. The first-order valence-corrected chi connectivity index (χ1v) is 13.7. The summed E-state index contributed by atoms with van der Waals surface area (Å²) in [5, 5.41) is 13.5. The first-order chi connectivity index (χ1) is 18.1. The van der Waals surface area contributed by atoms with E-state index in [1.165, 1.54) is 23.3 Å². The number of hydrogen-bond donors (Lipinski definition) is 1. The molecule has 37 heavy (non-hydrogen) atoms. The van der Waals surface area contributed by atoms with Crippen LogP contribution >= 0.6 is 11.3 Å². The van der Waals surface area contributed by atoms with E-state index in [0.717, 1.165) is 58.6 Å². The molecule has 7 nitrogen and oxygen atoms in total. The van der Waals surface area contributed by atoms with Crippen LogP contribution in [0.3, 0.4) is 0 Å². The van der Waals surface area contributed by atoms with E-state index in [4.69, 9.17) is 9.41 Å². The second-order valence-corrected chi connectivity index (χ2v) is 11.0. The predicted molar refractivity (Wildman–Crippen MR) is 146 cm³/mol. The maximum absolute atomic E-state index is 5.58. The molecule has 0 spiro atoms. The van der Waals surface area contributed by atoms with Gasteiger partial charge in [-0.15, -0.1) is 21.5 Å². The minimum Gasteiger partial charge on any atom is -0.449 e. The Morgan fingerprint density at radius 2 is 1.92 bits per heavy atom. The van der Waals surface area contributed by atoms with Gasteiger partial charge in [0.15, 0.2) is 11.7 Å². The van der Waals surface area contributed by atoms with Crippen molar-refractivity contribution in [1.29, 1.82) is 0 Å². The number of aromatic nitrogens is 4. The second-order valence-electron chi connectivity index (χ2n) is 9.80. The number of piperidine rings is 1. The maximum Gasteiger partial charge on any atom is 0.196 e. The monoisotopic (exact) mass is 510 g/mol. The normalized spacial score (nSPS) is 17.4. The third kappa shape index (κ3) is 4.65. The molecule has 2 aliphatic heterocycles. The lowest BCUT2D eigenvalue weighted by molar-refractivity contribution is 0.381. The van der Waals surface area contributed by atoms with Crippen molar-refractivity contribution in [2.45, 2.75) is 52.5 Å². The zero-order valence-electron chi connectivity index (χ0n) is 21.4. The van der Waals surface area contributed by atoms with Crippen molar-refractivity contribution in [3.05, 3.63) is 81.4 Å². The molecule has 2 aliphatic rings. The van der Waals surface area contributed by atoms with Crippen molar-refractivity contribution in [3.63, 3.8) is 0 Å². The van der Waals surface area contributed by atoms with E-state index < -0.39 is 0 Å². The van der Waals surface area contributed by atoms with Gasteiger partial charge in [0.25, 0.3) is 0 Å². The standard InChI is InChI=1S/C29H30N6OS/c1-18-19(2)37-29-26(18)27(23-9-7-21(8-10-23)5-4-6-22-11-13-30-14-12-22)32-24(17-25-31-15-16-36-25)28-34-33-20(3)35(28)29/h7-10,15-16,22,24,30H,6,11-14,17H2,1-3H3/t24-/m0/s1. The molecule has 0 unspecified atom stereocenters. The van der Waals surface area contributed by atoms with Gasteiger partial charge < -0.3 is 9.73 Å². The first-order valence-electron chi connectivity index (χ1n) is 12.9. The van der Waals surface area contributed by atoms with Crippen molar-refractivity contribution in [1.82, 2.24) is 25.1 Å². The lowest BCUT2D eigenvalue weighted by atomic mass is 9.95. The fraction of sp³-hybridized carbons (Fsp3) is 0.379. The molecular weight excluding hydrogens is 480 g/mol. The molecule has 0 amide bonds. The Morgan fingerprint density at radius 1 is 1.11 bits per heavy atom. The van der Waals surface area contributed by atoms with Crippen LogP contribution in [-0.2, 0) is 6.42 Å². The molecule has 3 aromatic heterocycles. The molecule has 188 valence electrons. The van der Waals surface area contributed by atoms with Gasteiger partial charge in [0, 0.05) is 28.0 Å². The number of hydrogen-bond acceptors (Lipinski definition) is 7. The number of aliphatic imine (C=N–C) groups is 1. The highest BCUT2D eigenvalue weighted by atomic mass is 32.1. The van der Waals surface area contributed by atoms with Crippen LogP contribution in [-0.4, -0.2) is 38.5 Å². The van der Waals surface area contributed by atoms with Crippen LogP contribution in [0.5, 0.6) is 0 Å². The highest BCUT2D eigenvalue weighted by Crippen LogP contribution is 2.39. The molecule has 1 fully saturated rings. The number of benzene rings is 1. The Morgan fingerprint density at radius 3 is 2.68 bits per heavy atom. The van der Waals surface area contributed by atoms with Gasteiger partial charge in [-0.1, -0.05) is 24.0 Å². The average Bonchev–Trinajstić information content (AvgIpc) is 3.61. The minimum absolute atomic E-state index is 0.265. The summed E-state index contributed by atoms with van der Waals surface area (Å²) in [6, 6.07) is 8.25. The van der Waals surface area contributed by atoms with Crippen LogP contribution in [0, 0.1) is 38.5 Å². The van der Waals surface area contributed by atoms with Crippen molar-refractivity contribution in [3.8, 4) is 16.8 Å². The molecule has 0 radical (unpaired) electrons. The van der Waals surface area contributed by atoms with Gasteiger partial charge >= 0.3 is 0 Å². The predicted octanol–water partition coefficient (Wildman–Crippen LogP) is 5.12. The molecule has 0 bridgehead atoms. The topological polar surface area (TPSA) is 81.1 Å². The van der Waals surface area contributed by atoms with Gasteiger partial charge in [-0.3, -0.25) is 9.56 Å². The summed E-state index contributed by atoms with van der Waals surface area (Å²) in [7, 11) is 0. The van der Waals surface area contributed by atoms with E-state index in [0.29, 0.717) is 18.2 Å².